The van der Waals surface area contributed by atoms with Crippen LogP contribution in [0.2, 0.25) is 5.02 Å². The maximum atomic E-state index is 6.54. The van der Waals surface area contributed by atoms with Gasteiger partial charge in [-0.2, -0.15) is 0 Å². The molecule has 0 radical (unpaired) electrons. The molecule has 0 fully saturated rings. The maximum absolute atomic E-state index is 6.54. The van der Waals surface area contributed by atoms with Crippen molar-refractivity contribution < 1.29 is 0 Å². The number of nitrogens with one attached hydrogen (secondary N) is 1. The minimum atomic E-state index is -0.0460. The van der Waals surface area contributed by atoms with Crippen LogP contribution in [0.1, 0.15) is 101 Å². The van der Waals surface area contributed by atoms with Gasteiger partial charge in [0, 0.05) is 27.8 Å². The first-order valence-electron chi connectivity index (χ1n) is 15.5. The standard InChI is InChI=1S/C40H51ClN2/c1-25-17-30(39(8,9)10)18-26(2)36(25)42-33-21-31(40(11,12)13)23-35(24-33)43(37-27(3)19-32(41)20-28(37)4)34-16-14-15-29(22-34)38(5,6)7/h14-24,42H,1-13H3. The molecule has 0 aliphatic rings. The first-order valence-corrected chi connectivity index (χ1v) is 15.9. The van der Waals surface area contributed by atoms with Crippen LogP contribution in [0, 0.1) is 27.7 Å². The van der Waals surface area contributed by atoms with Gasteiger partial charge in [0.2, 0.25) is 0 Å². The minimum absolute atomic E-state index is 0.0278. The summed E-state index contributed by atoms with van der Waals surface area (Å²) < 4.78 is 0. The van der Waals surface area contributed by atoms with E-state index in [4.69, 9.17) is 11.6 Å². The summed E-state index contributed by atoms with van der Waals surface area (Å²) in [6.07, 6.45) is 0. The van der Waals surface area contributed by atoms with Crippen molar-refractivity contribution in [2.75, 3.05) is 10.2 Å². The number of aryl methyl sites for hydroxylation is 4. The predicted molar refractivity (Wildman–Crippen MR) is 191 cm³/mol. The summed E-state index contributed by atoms with van der Waals surface area (Å²) in [5.74, 6) is 0. The average Bonchev–Trinajstić information content (AvgIpc) is 2.86. The van der Waals surface area contributed by atoms with Crippen molar-refractivity contribution in [3.8, 4) is 0 Å². The molecule has 0 atom stereocenters. The molecule has 0 saturated carbocycles. The Labute approximate surface area is 266 Å². The second kappa shape index (κ2) is 11.7. The van der Waals surface area contributed by atoms with E-state index in [0.29, 0.717) is 0 Å². The van der Waals surface area contributed by atoms with Gasteiger partial charge in [-0.25, -0.2) is 0 Å². The van der Waals surface area contributed by atoms with Gasteiger partial charge in [0.1, 0.15) is 0 Å². The van der Waals surface area contributed by atoms with E-state index in [-0.39, 0.29) is 16.2 Å². The summed E-state index contributed by atoms with van der Waals surface area (Å²) >= 11 is 6.54. The van der Waals surface area contributed by atoms with Gasteiger partial charge in [-0.15, -0.1) is 0 Å². The number of anilines is 5. The smallest absolute Gasteiger partial charge is 0.0521 e. The fraction of sp³-hybridized carbons (Fsp3) is 0.400. The lowest BCUT2D eigenvalue weighted by atomic mass is 9.84. The van der Waals surface area contributed by atoms with Crippen molar-refractivity contribution in [2.45, 2.75) is 106 Å². The molecule has 0 aliphatic carbocycles. The fourth-order valence-electron chi connectivity index (χ4n) is 5.76. The summed E-state index contributed by atoms with van der Waals surface area (Å²) in [6, 6.07) is 24.7. The van der Waals surface area contributed by atoms with Gasteiger partial charge in [-0.1, -0.05) is 98.2 Å². The zero-order valence-electron chi connectivity index (χ0n) is 28.7. The molecular weight excluding hydrogens is 544 g/mol. The lowest BCUT2D eigenvalue weighted by Crippen LogP contribution is -2.18. The summed E-state index contributed by atoms with van der Waals surface area (Å²) in [7, 11) is 0. The normalized spacial score (nSPS) is 12.4. The molecule has 4 rings (SSSR count). The Bertz CT molecular complexity index is 1590. The van der Waals surface area contributed by atoms with Crippen LogP contribution in [0.3, 0.4) is 0 Å². The van der Waals surface area contributed by atoms with Crippen LogP contribution in [-0.2, 0) is 16.2 Å². The van der Waals surface area contributed by atoms with E-state index in [1.165, 1.54) is 33.5 Å². The van der Waals surface area contributed by atoms with Crippen LogP contribution in [0.5, 0.6) is 0 Å². The molecule has 228 valence electrons. The largest absolute Gasteiger partial charge is 0.355 e. The summed E-state index contributed by atoms with van der Waals surface area (Å²) in [5, 5.41) is 4.62. The summed E-state index contributed by atoms with van der Waals surface area (Å²) in [5.41, 5.74) is 14.5. The van der Waals surface area contributed by atoms with E-state index < -0.39 is 0 Å². The highest BCUT2D eigenvalue weighted by atomic mass is 35.5. The van der Waals surface area contributed by atoms with Gasteiger partial charge < -0.3 is 10.2 Å². The molecule has 0 amide bonds. The molecule has 0 unspecified atom stereocenters. The Morgan fingerprint density at radius 1 is 0.535 bits per heavy atom. The van der Waals surface area contributed by atoms with Crippen LogP contribution in [-0.4, -0.2) is 0 Å². The monoisotopic (exact) mass is 594 g/mol. The lowest BCUT2D eigenvalue weighted by Gasteiger charge is -2.32. The summed E-state index contributed by atoms with van der Waals surface area (Å²) in [6.45, 7) is 29.2. The predicted octanol–water partition coefficient (Wildman–Crippen LogP) is 12.7. The van der Waals surface area contributed by atoms with Crippen molar-refractivity contribution in [1.29, 1.82) is 0 Å². The van der Waals surface area contributed by atoms with Crippen LogP contribution in [0.4, 0.5) is 28.4 Å². The van der Waals surface area contributed by atoms with Crippen LogP contribution >= 0.6 is 11.6 Å². The minimum Gasteiger partial charge on any atom is -0.355 e. The molecule has 3 heteroatoms. The van der Waals surface area contributed by atoms with Crippen molar-refractivity contribution in [2.24, 2.45) is 0 Å². The lowest BCUT2D eigenvalue weighted by molar-refractivity contribution is 0.589. The third kappa shape index (κ3) is 7.29. The fourth-order valence-corrected chi connectivity index (χ4v) is 6.09. The molecule has 0 aromatic heterocycles. The van der Waals surface area contributed by atoms with Gasteiger partial charge in [0.25, 0.3) is 0 Å². The molecule has 0 saturated heterocycles. The highest BCUT2D eigenvalue weighted by Crippen LogP contribution is 2.44. The van der Waals surface area contributed by atoms with Gasteiger partial charge in [-0.3, -0.25) is 0 Å². The zero-order valence-corrected chi connectivity index (χ0v) is 29.4. The molecule has 1 N–H and O–H groups in total. The first kappa shape index (κ1) is 32.7. The zero-order chi connectivity index (χ0) is 32.1. The number of hydrogen-bond acceptors (Lipinski definition) is 2. The van der Waals surface area contributed by atoms with Crippen LogP contribution in [0.15, 0.2) is 66.7 Å². The number of nitrogens with zero attached hydrogens (tertiary/aromatic N) is 1. The van der Waals surface area contributed by atoms with Crippen LogP contribution < -0.4 is 10.2 Å². The van der Waals surface area contributed by atoms with Crippen molar-refractivity contribution in [3.05, 3.63) is 111 Å². The first-order chi connectivity index (χ1) is 19.8. The Morgan fingerprint density at radius 2 is 1.02 bits per heavy atom. The van der Waals surface area contributed by atoms with Gasteiger partial charge in [-0.05, 0) is 125 Å². The maximum Gasteiger partial charge on any atom is 0.0521 e. The van der Waals surface area contributed by atoms with Gasteiger partial charge in [0.05, 0.1) is 5.69 Å². The highest BCUT2D eigenvalue weighted by Gasteiger charge is 2.24. The molecular formula is C40H51ClN2. The topological polar surface area (TPSA) is 15.3 Å². The van der Waals surface area contributed by atoms with E-state index >= 15 is 0 Å². The van der Waals surface area contributed by atoms with Crippen molar-refractivity contribution >= 4 is 40.0 Å². The number of hydrogen-bond donors (Lipinski definition) is 1. The highest BCUT2D eigenvalue weighted by molar-refractivity contribution is 6.30. The third-order valence-electron chi connectivity index (χ3n) is 8.36. The van der Waals surface area contributed by atoms with E-state index in [2.05, 4.69) is 167 Å². The van der Waals surface area contributed by atoms with Crippen molar-refractivity contribution in [3.63, 3.8) is 0 Å². The number of benzene rings is 4. The summed E-state index contributed by atoms with van der Waals surface area (Å²) in [4.78, 5) is 2.42. The van der Waals surface area contributed by atoms with Crippen LogP contribution in [0.25, 0.3) is 0 Å². The van der Waals surface area contributed by atoms with E-state index in [9.17, 15) is 0 Å². The van der Waals surface area contributed by atoms with Gasteiger partial charge >= 0.3 is 0 Å². The van der Waals surface area contributed by atoms with E-state index in [1.807, 2.05) is 0 Å². The second-order valence-corrected chi connectivity index (χ2v) is 15.8. The number of halogens is 1. The molecule has 43 heavy (non-hydrogen) atoms. The number of rotatable bonds is 5. The Balaban J connectivity index is 1.98. The molecule has 0 bridgehead atoms. The third-order valence-corrected chi connectivity index (χ3v) is 8.58. The Morgan fingerprint density at radius 3 is 1.53 bits per heavy atom. The Hall–Kier alpha value is -3.23. The van der Waals surface area contributed by atoms with Crippen molar-refractivity contribution in [1.82, 2.24) is 0 Å². The molecule has 0 aliphatic heterocycles. The van der Waals surface area contributed by atoms with E-state index in [1.54, 1.807) is 0 Å². The quantitative estimate of drug-likeness (QED) is 0.247. The second-order valence-electron chi connectivity index (χ2n) is 15.4. The molecule has 4 aromatic carbocycles. The molecule has 2 nitrogen and oxygen atoms in total. The van der Waals surface area contributed by atoms with Gasteiger partial charge in [0.15, 0.2) is 0 Å². The Kier molecular flexibility index (Phi) is 8.89. The molecule has 4 aromatic rings. The SMILES string of the molecule is Cc1cc(C(C)(C)C)cc(C)c1Nc1cc(N(c2cccc(C(C)(C)C)c2)c2c(C)cc(Cl)cc2C)cc(C(C)(C)C)c1. The molecule has 0 heterocycles. The van der Waals surface area contributed by atoms with E-state index in [0.717, 1.165) is 38.9 Å². The molecule has 0 spiro atoms. The average molecular weight is 595 g/mol.